The van der Waals surface area contributed by atoms with Crippen molar-refractivity contribution in [3.63, 3.8) is 0 Å². The Kier molecular flexibility index (Phi) is 6.83. The smallest absolute Gasteiger partial charge is 0.338 e. The molecule has 0 aliphatic heterocycles. The standard InChI is InChI=1S/C19H20ClNO4/c1-3-24-15-10-8-14(9-11-15)19(23)25-12-18(22)21-13(2)16-6-4-5-7-17(16)20/h4-11,13H,3,12H2,1-2H3,(H,21,22)/t13-/m1/s1. The summed E-state index contributed by atoms with van der Waals surface area (Å²) in [5.74, 6) is -0.291. The zero-order chi connectivity index (χ0) is 18.2. The first-order chi connectivity index (χ1) is 12.0. The van der Waals surface area contributed by atoms with E-state index in [2.05, 4.69) is 5.32 Å². The topological polar surface area (TPSA) is 64.6 Å². The summed E-state index contributed by atoms with van der Waals surface area (Å²) in [6, 6.07) is 13.5. The third kappa shape index (κ3) is 5.50. The number of ether oxygens (including phenoxy) is 2. The Labute approximate surface area is 151 Å². The van der Waals surface area contributed by atoms with Gasteiger partial charge in [0.25, 0.3) is 5.91 Å². The summed E-state index contributed by atoms with van der Waals surface area (Å²) in [6.45, 7) is 3.88. The molecule has 0 unspecified atom stereocenters. The molecule has 6 heteroatoms. The van der Waals surface area contributed by atoms with Gasteiger partial charge in [-0.1, -0.05) is 29.8 Å². The average molecular weight is 362 g/mol. The monoisotopic (exact) mass is 361 g/mol. The SMILES string of the molecule is CCOc1ccc(C(=O)OCC(=O)N[C@H](C)c2ccccc2Cl)cc1. The van der Waals surface area contributed by atoms with E-state index in [0.717, 1.165) is 5.56 Å². The Balaban J connectivity index is 1.84. The lowest BCUT2D eigenvalue weighted by Gasteiger charge is -2.15. The number of hydrogen-bond donors (Lipinski definition) is 1. The molecule has 5 nitrogen and oxygen atoms in total. The van der Waals surface area contributed by atoms with Crippen molar-refractivity contribution in [1.29, 1.82) is 0 Å². The first kappa shape index (κ1) is 18.8. The summed E-state index contributed by atoms with van der Waals surface area (Å²) in [6.07, 6.45) is 0. The van der Waals surface area contributed by atoms with Crippen LogP contribution in [0.25, 0.3) is 0 Å². The molecule has 25 heavy (non-hydrogen) atoms. The fourth-order valence-electron chi connectivity index (χ4n) is 2.26. The predicted molar refractivity (Wildman–Crippen MR) is 95.9 cm³/mol. The summed E-state index contributed by atoms with van der Waals surface area (Å²) in [5.41, 5.74) is 1.16. The Morgan fingerprint density at radius 1 is 1.12 bits per heavy atom. The Morgan fingerprint density at radius 3 is 2.44 bits per heavy atom. The summed E-state index contributed by atoms with van der Waals surface area (Å²) < 4.78 is 10.3. The van der Waals surface area contributed by atoms with Crippen molar-refractivity contribution in [1.82, 2.24) is 5.32 Å². The molecule has 1 N–H and O–H groups in total. The number of halogens is 1. The van der Waals surface area contributed by atoms with Gasteiger partial charge < -0.3 is 14.8 Å². The number of rotatable bonds is 7. The Morgan fingerprint density at radius 2 is 1.80 bits per heavy atom. The highest BCUT2D eigenvalue weighted by Crippen LogP contribution is 2.22. The van der Waals surface area contributed by atoms with Crippen LogP contribution in [0.1, 0.15) is 35.8 Å². The molecule has 0 aliphatic rings. The Hall–Kier alpha value is -2.53. The molecule has 1 amide bonds. The van der Waals surface area contributed by atoms with Gasteiger partial charge in [-0.25, -0.2) is 4.79 Å². The highest BCUT2D eigenvalue weighted by Gasteiger charge is 2.14. The zero-order valence-corrected chi connectivity index (χ0v) is 14.9. The van der Waals surface area contributed by atoms with Crippen LogP contribution in [0, 0.1) is 0 Å². The second-order valence-electron chi connectivity index (χ2n) is 5.34. The number of benzene rings is 2. The molecule has 0 aliphatic carbocycles. The molecule has 0 fully saturated rings. The van der Waals surface area contributed by atoms with E-state index >= 15 is 0 Å². The van der Waals surface area contributed by atoms with Gasteiger partial charge in [-0.05, 0) is 49.7 Å². The van der Waals surface area contributed by atoms with Crippen molar-refractivity contribution < 1.29 is 19.1 Å². The van der Waals surface area contributed by atoms with Crippen LogP contribution in [0.2, 0.25) is 5.02 Å². The molecule has 0 spiro atoms. The number of hydrogen-bond acceptors (Lipinski definition) is 4. The highest BCUT2D eigenvalue weighted by molar-refractivity contribution is 6.31. The Bertz CT molecular complexity index is 730. The molecule has 2 rings (SSSR count). The maximum atomic E-state index is 12.0. The molecule has 0 saturated carbocycles. The molecular weight excluding hydrogens is 342 g/mol. The molecular formula is C19H20ClNO4. The third-order valence-electron chi connectivity index (χ3n) is 3.48. The van der Waals surface area contributed by atoms with E-state index in [9.17, 15) is 9.59 Å². The maximum Gasteiger partial charge on any atom is 0.338 e. The molecule has 132 valence electrons. The zero-order valence-electron chi connectivity index (χ0n) is 14.1. The van der Waals surface area contributed by atoms with Gasteiger partial charge in [-0.3, -0.25) is 4.79 Å². The summed E-state index contributed by atoms with van der Waals surface area (Å²) in [5, 5.41) is 3.32. The first-order valence-electron chi connectivity index (χ1n) is 7.95. The van der Waals surface area contributed by atoms with Crippen LogP contribution in [0.5, 0.6) is 5.75 Å². The molecule has 2 aromatic rings. The van der Waals surface area contributed by atoms with Gasteiger partial charge >= 0.3 is 5.97 Å². The second kappa shape index (κ2) is 9.08. The molecule has 0 bridgehead atoms. The number of amides is 1. The van der Waals surface area contributed by atoms with Gasteiger partial charge in [0.15, 0.2) is 6.61 Å². The van der Waals surface area contributed by atoms with Crippen LogP contribution in [0.3, 0.4) is 0 Å². The molecule has 0 aromatic heterocycles. The van der Waals surface area contributed by atoms with Crippen LogP contribution in [-0.4, -0.2) is 25.1 Å². The average Bonchev–Trinajstić information content (AvgIpc) is 2.61. The molecule has 0 heterocycles. The van der Waals surface area contributed by atoms with E-state index in [1.807, 2.05) is 32.0 Å². The van der Waals surface area contributed by atoms with Crippen molar-refractivity contribution in [2.45, 2.75) is 19.9 Å². The molecule has 1 atom stereocenters. The fraction of sp³-hybridized carbons (Fsp3) is 0.263. The summed E-state index contributed by atoms with van der Waals surface area (Å²) in [7, 11) is 0. The lowest BCUT2D eigenvalue weighted by Crippen LogP contribution is -2.31. The highest BCUT2D eigenvalue weighted by atomic mass is 35.5. The van der Waals surface area contributed by atoms with E-state index in [1.165, 1.54) is 0 Å². The first-order valence-corrected chi connectivity index (χ1v) is 8.32. The van der Waals surface area contributed by atoms with Crippen molar-refractivity contribution in [3.05, 3.63) is 64.7 Å². The van der Waals surface area contributed by atoms with Crippen molar-refractivity contribution >= 4 is 23.5 Å². The normalized spacial score (nSPS) is 11.5. The van der Waals surface area contributed by atoms with Gasteiger partial charge in [-0.15, -0.1) is 0 Å². The van der Waals surface area contributed by atoms with Crippen molar-refractivity contribution in [2.24, 2.45) is 0 Å². The van der Waals surface area contributed by atoms with E-state index in [1.54, 1.807) is 30.3 Å². The van der Waals surface area contributed by atoms with E-state index < -0.39 is 11.9 Å². The summed E-state index contributed by atoms with van der Waals surface area (Å²) >= 11 is 6.10. The lowest BCUT2D eigenvalue weighted by atomic mass is 10.1. The largest absolute Gasteiger partial charge is 0.494 e. The minimum atomic E-state index is -0.566. The van der Waals surface area contributed by atoms with Gasteiger partial charge in [-0.2, -0.15) is 0 Å². The maximum absolute atomic E-state index is 12.0. The van der Waals surface area contributed by atoms with Crippen molar-refractivity contribution in [2.75, 3.05) is 13.2 Å². The number of carbonyl (C=O) groups excluding carboxylic acids is 2. The van der Waals surface area contributed by atoms with E-state index in [0.29, 0.717) is 22.9 Å². The molecule has 0 radical (unpaired) electrons. The van der Waals surface area contributed by atoms with E-state index in [-0.39, 0.29) is 12.6 Å². The third-order valence-corrected chi connectivity index (χ3v) is 3.83. The number of carbonyl (C=O) groups is 2. The minimum Gasteiger partial charge on any atom is -0.494 e. The quantitative estimate of drug-likeness (QED) is 0.762. The molecule has 0 saturated heterocycles. The number of esters is 1. The number of nitrogens with one attached hydrogen (secondary N) is 1. The fourth-order valence-corrected chi connectivity index (χ4v) is 2.55. The van der Waals surface area contributed by atoms with Gasteiger partial charge in [0.1, 0.15) is 5.75 Å². The van der Waals surface area contributed by atoms with Gasteiger partial charge in [0.2, 0.25) is 0 Å². The van der Waals surface area contributed by atoms with Gasteiger partial charge in [0.05, 0.1) is 18.2 Å². The van der Waals surface area contributed by atoms with Crippen LogP contribution in [0.15, 0.2) is 48.5 Å². The van der Waals surface area contributed by atoms with Crippen LogP contribution in [-0.2, 0) is 9.53 Å². The van der Waals surface area contributed by atoms with Crippen LogP contribution >= 0.6 is 11.6 Å². The minimum absolute atomic E-state index is 0.287. The molecule has 2 aromatic carbocycles. The second-order valence-corrected chi connectivity index (χ2v) is 5.75. The van der Waals surface area contributed by atoms with E-state index in [4.69, 9.17) is 21.1 Å². The van der Waals surface area contributed by atoms with Crippen molar-refractivity contribution in [3.8, 4) is 5.75 Å². The lowest BCUT2D eigenvalue weighted by molar-refractivity contribution is -0.124. The van der Waals surface area contributed by atoms with Crippen LogP contribution in [0.4, 0.5) is 0 Å². The van der Waals surface area contributed by atoms with Crippen LogP contribution < -0.4 is 10.1 Å². The summed E-state index contributed by atoms with van der Waals surface area (Å²) in [4.78, 5) is 23.9. The van der Waals surface area contributed by atoms with Gasteiger partial charge in [0, 0.05) is 5.02 Å². The predicted octanol–water partition coefficient (Wildman–Crippen LogP) is 3.77.